The molecule has 2 aromatic carbocycles. The van der Waals surface area contributed by atoms with Gasteiger partial charge >= 0.3 is 0 Å². The quantitative estimate of drug-likeness (QED) is 0.550. The second kappa shape index (κ2) is 9.04. The number of halogens is 1. The summed E-state index contributed by atoms with van der Waals surface area (Å²) in [4.78, 5) is 19.3. The van der Waals surface area contributed by atoms with Crippen LogP contribution in [-0.4, -0.2) is 43.2 Å². The SMILES string of the molecule is COCCN(Cc1cc2cc(C)ccc2nc1Cl)C(=O)c1cccc(OC)c1. The van der Waals surface area contributed by atoms with Crippen LogP contribution in [0, 0.1) is 6.92 Å². The van der Waals surface area contributed by atoms with Crippen LogP contribution in [0.25, 0.3) is 10.9 Å². The Morgan fingerprint density at radius 2 is 1.96 bits per heavy atom. The summed E-state index contributed by atoms with van der Waals surface area (Å²) in [6.45, 7) is 3.24. The van der Waals surface area contributed by atoms with Gasteiger partial charge in [-0.15, -0.1) is 0 Å². The molecule has 0 saturated carbocycles. The Hall–Kier alpha value is -2.63. The van der Waals surface area contributed by atoms with Crippen molar-refractivity contribution in [3.05, 3.63) is 70.4 Å². The Morgan fingerprint density at radius 1 is 1.14 bits per heavy atom. The third-order valence-electron chi connectivity index (χ3n) is 4.53. The molecule has 3 rings (SSSR count). The Kier molecular flexibility index (Phi) is 6.49. The lowest BCUT2D eigenvalue weighted by Gasteiger charge is -2.23. The van der Waals surface area contributed by atoms with Gasteiger partial charge in [-0.05, 0) is 43.3 Å². The smallest absolute Gasteiger partial charge is 0.254 e. The number of aromatic nitrogens is 1. The van der Waals surface area contributed by atoms with Crippen LogP contribution in [0.15, 0.2) is 48.5 Å². The summed E-state index contributed by atoms with van der Waals surface area (Å²) < 4.78 is 10.4. The molecule has 6 heteroatoms. The number of hydrogen-bond donors (Lipinski definition) is 0. The van der Waals surface area contributed by atoms with Crippen molar-refractivity contribution in [2.24, 2.45) is 0 Å². The van der Waals surface area contributed by atoms with Gasteiger partial charge in [0.2, 0.25) is 0 Å². The summed E-state index contributed by atoms with van der Waals surface area (Å²) in [5, 5.41) is 1.40. The van der Waals surface area contributed by atoms with E-state index in [0.29, 0.717) is 36.2 Å². The van der Waals surface area contributed by atoms with E-state index in [1.807, 2.05) is 31.2 Å². The Morgan fingerprint density at radius 3 is 2.71 bits per heavy atom. The molecule has 0 aliphatic rings. The van der Waals surface area contributed by atoms with Crippen molar-refractivity contribution in [1.82, 2.24) is 9.88 Å². The maximum absolute atomic E-state index is 13.1. The summed E-state index contributed by atoms with van der Waals surface area (Å²) in [5.41, 5.74) is 3.33. The van der Waals surface area contributed by atoms with E-state index in [0.717, 1.165) is 22.0 Å². The number of hydrogen-bond acceptors (Lipinski definition) is 4. The van der Waals surface area contributed by atoms with Gasteiger partial charge in [0.15, 0.2) is 0 Å². The minimum absolute atomic E-state index is 0.114. The van der Waals surface area contributed by atoms with Crippen molar-refractivity contribution in [3.8, 4) is 5.75 Å². The lowest BCUT2D eigenvalue weighted by Crippen LogP contribution is -2.33. The van der Waals surface area contributed by atoms with Crippen LogP contribution in [0.1, 0.15) is 21.5 Å². The largest absolute Gasteiger partial charge is 0.497 e. The molecule has 0 bridgehead atoms. The van der Waals surface area contributed by atoms with Gasteiger partial charge in [-0.25, -0.2) is 4.98 Å². The molecule has 1 heterocycles. The van der Waals surface area contributed by atoms with Crippen molar-refractivity contribution in [1.29, 1.82) is 0 Å². The number of rotatable bonds is 7. The van der Waals surface area contributed by atoms with E-state index in [1.165, 1.54) is 0 Å². The number of pyridine rings is 1. The standard InChI is InChI=1S/C22H23ClN2O3/c1-15-7-8-20-17(11-15)12-18(21(23)24-20)14-25(9-10-27-2)22(26)16-5-4-6-19(13-16)28-3/h4-8,11-13H,9-10,14H2,1-3H3. The van der Waals surface area contributed by atoms with Crippen LogP contribution >= 0.6 is 11.6 Å². The van der Waals surface area contributed by atoms with Gasteiger partial charge in [-0.3, -0.25) is 4.79 Å². The average Bonchev–Trinajstić information content (AvgIpc) is 2.71. The van der Waals surface area contributed by atoms with Crippen molar-refractivity contribution in [3.63, 3.8) is 0 Å². The van der Waals surface area contributed by atoms with Crippen molar-refractivity contribution in [2.75, 3.05) is 27.4 Å². The summed E-state index contributed by atoms with van der Waals surface area (Å²) >= 11 is 6.42. The van der Waals surface area contributed by atoms with Crippen molar-refractivity contribution >= 4 is 28.4 Å². The first kappa shape index (κ1) is 20.1. The van der Waals surface area contributed by atoms with E-state index in [2.05, 4.69) is 11.1 Å². The lowest BCUT2D eigenvalue weighted by atomic mass is 10.1. The minimum atomic E-state index is -0.114. The molecule has 0 fully saturated rings. The maximum atomic E-state index is 13.1. The van der Waals surface area contributed by atoms with E-state index < -0.39 is 0 Å². The van der Waals surface area contributed by atoms with Crippen molar-refractivity contribution < 1.29 is 14.3 Å². The molecule has 1 aromatic heterocycles. The topological polar surface area (TPSA) is 51.7 Å². The molecule has 3 aromatic rings. The molecular weight excluding hydrogens is 376 g/mol. The summed E-state index contributed by atoms with van der Waals surface area (Å²) in [6.07, 6.45) is 0. The van der Waals surface area contributed by atoms with Crippen LogP contribution in [0.5, 0.6) is 5.75 Å². The molecule has 0 unspecified atom stereocenters. The summed E-state index contributed by atoms with van der Waals surface area (Å²) in [5.74, 6) is 0.523. The molecule has 0 spiro atoms. The molecular formula is C22H23ClN2O3. The molecule has 0 radical (unpaired) electrons. The van der Waals surface area contributed by atoms with Gasteiger partial charge in [-0.2, -0.15) is 0 Å². The van der Waals surface area contributed by atoms with E-state index >= 15 is 0 Å². The highest BCUT2D eigenvalue weighted by Gasteiger charge is 2.18. The van der Waals surface area contributed by atoms with Gasteiger partial charge in [0.25, 0.3) is 5.91 Å². The van der Waals surface area contributed by atoms with Crippen molar-refractivity contribution in [2.45, 2.75) is 13.5 Å². The van der Waals surface area contributed by atoms with Crippen LogP contribution < -0.4 is 4.74 Å². The molecule has 0 aliphatic carbocycles. The predicted octanol–water partition coefficient (Wildman–Crippen LogP) is 4.49. The van der Waals surface area contributed by atoms with Gasteiger partial charge in [0.05, 0.1) is 19.2 Å². The first-order chi connectivity index (χ1) is 13.5. The van der Waals surface area contributed by atoms with Gasteiger partial charge < -0.3 is 14.4 Å². The number of methoxy groups -OCH3 is 2. The first-order valence-corrected chi connectivity index (χ1v) is 9.37. The fourth-order valence-electron chi connectivity index (χ4n) is 3.03. The number of nitrogens with zero attached hydrogens (tertiary/aromatic N) is 2. The fourth-order valence-corrected chi connectivity index (χ4v) is 3.23. The Labute approximate surface area is 169 Å². The van der Waals surface area contributed by atoms with Crippen LogP contribution in [-0.2, 0) is 11.3 Å². The van der Waals surface area contributed by atoms with E-state index in [-0.39, 0.29) is 5.91 Å². The number of amides is 1. The minimum Gasteiger partial charge on any atom is -0.497 e. The van der Waals surface area contributed by atoms with Gasteiger partial charge in [-0.1, -0.05) is 29.3 Å². The maximum Gasteiger partial charge on any atom is 0.254 e. The third kappa shape index (κ3) is 4.61. The predicted molar refractivity (Wildman–Crippen MR) is 111 cm³/mol. The second-order valence-electron chi connectivity index (χ2n) is 6.59. The molecule has 0 N–H and O–H groups in total. The highest BCUT2D eigenvalue weighted by molar-refractivity contribution is 6.30. The molecule has 0 saturated heterocycles. The first-order valence-electron chi connectivity index (χ1n) is 9.00. The number of carbonyl (C=O) groups excluding carboxylic acids is 1. The number of benzene rings is 2. The second-order valence-corrected chi connectivity index (χ2v) is 6.94. The molecule has 1 amide bonds. The average molecular weight is 399 g/mol. The summed E-state index contributed by atoms with van der Waals surface area (Å²) in [7, 11) is 3.19. The molecule has 28 heavy (non-hydrogen) atoms. The zero-order valence-corrected chi connectivity index (χ0v) is 17.0. The van der Waals surface area contributed by atoms with Crippen LogP contribution in [0.2, 0.25) is 5.15 Å². The van der Waals surface area contributed by atoms with Gasteiger partial charge in [0, 0.05) is 36.7 Å². The van der Waals surface area contributed by atoms with Crippen LogP contribution in [0.3, 0.4) is 0 Å². The summed E-state index contributed by atoms with van der Waals surface area (Å²) in [6, 6.07) is 15.1. The highest BCUT2D eigenvalue weighted by atomic mass is 35.5. The zero-order valence-electron chi connectivity index (χ0n) is 16.2. The normalized spacial score (nSPS) is 10.9. The van der Waals surface area contributed by atoms with Crippen LogP contribution in [0.4, 0.5) is 0 Å². The zero-order chi connectivity index (χ0) is 20.1. The molecule has 0 aliphatic heterocycles. The van der Waals surface area contributed by atoms with E-state index in [1.54, 1.807) is 37.3 Å². The number of fused-ring (bicyclic) bond motifs is 1. The Bertz CT molecular complexity index is 991. The van der Waals surface area contributed by atoms with E-state index in [9.17, 15) is 4.79 Å². The Balaban J connectivity index is 1.92. The lowest BCUT2D eigenvalue weighted by molar-refractivity contribution is 0.0680. The van der Waals surface area contributed by atoms with E-state index in [4.69, 9.17) is 21.1 Å². The monoisotopic (exact) mass is 398 g/mol. The van der Waals surface area contributed by atoms with Gasteiger partial charge in [0.1, 0.15) is 10.9 Å². The highest BCUT2D eigenvalue weighted by Crippen LogP contribution is 2.24. The molecule has 5 nitrogen and oxygen atoms in total. The molecule has 146 valence electrons. The fraction of sp³-hybridized carbons (Fsp3) is 0.273. The molecule has 0 atom stereocenters. The third-order valence-corrected chi connectivity index (χ3v) is 4.85. The number of aryl methyl sites for hydroxylation is 1. The number of carbonyl (C=O) groups is 1. The number of ether oxygens (including phenoxy) is 2.